The standard InChI is InChI=1S/C22H19BrN4O3/c23-14-5-6-15-16(11-14)22(30)27(21(15)29)12-19(28)26-9-7-13(8-10-26)20-24-17-3-1-2-4-18(17)25-20/h1-6,11,13H,7-10,12H2,(H,24,25). The van der Waals surface area contributed by atoms with Gasteiger partial charge in [-0.2, -0.15) is 0 Å². The number of fused-ring (bicyclic) bond motifs is 2. The number of hydrogen-bond donors (Lipinski definition) is 1. The summed E-state index contributed by atoms with van der Waals surface area (Å²) in [6.45, 7) is 0.934. The van der Waals surface area contributed by atoms with Gasteiger partial charge in [0.05, 0.1) is 22.2 Å². The summed E-state index contributed by atoms with van der Waals surface area (Å²) in [7, 11) is 0. The number of imide groups is 1. The van der Waals surface area contributed by atoms with Crippen LogP contribution in [0.5, 0.6) is 0 Å². The number of aromatic amines is 1. The van der Waals surface area contributed by atoms with Crippen LogP contribution in [0.2, 0.25) is 0 Å². The molecule has 1 aromatic heterocycles. The molecule has 0 spiro atoms. The van der Waals surface area contributed by atoms with Crippen LogP contribution in [0.1, 0.15) is 45.3 Å². The molecule has 3 amide bonds. The zero-order valence-corrected chi connectivity index (χ0v) is 17.7. The van der Waals surface area contributed by atoms with Crippen molar-refractivity contribution in [1.29, 1.82) is 0 Å². The van der Waals surface area contributed by atoms with Crippen molar-refractivity contribution in [2.24, 2.45) is 0 Å². The molecule has 3 aromatic rings. The summed E-state index contributed by atoms with van der Waals surface area (Å²) in [6.07, 6.45) is 1.58. The average Bonchev–Trinajstić information content (AvgIpc) is 3.29. The van der Waals surface area contributed by atoms with Gasteiger partial charge in [0, 0.05) is 23.5 Å². The number of halogens is 1. The Hall–Kier alpha value is -3.00. The molecule has 2 aromatic carbocycles. The summed E-state index contributed by atoms with van der Waals surface area (Å²) < 4.78 is 0.725. The lowest BCUT2D eigenvalue weighted by Crippen LogP contribution is -2.45. The van der Waals surface area contributed by atoms with E-state index in [1.165, 1.54) is 0 Å². The molecule has 0 bridgehead atoms. The molecule has 30 heavy (non-hydrogen) atoms. The van der Waals surface area contributed by atoms with Gasteiger partial charge in [0.1, 0.15) is 12.4 Å². The third-order valence-electron chi connectivity index (χ3n) is 5.87. The smallest absolute Gasteiger partial charge is 0.262 e. The van der Waals surface area contributed by atoms with Gasteiger partial charge < -0.3 is 9.88 Å². The van der Waals surface area contributed by atoms with Crippen molar-refractivity contribution >= 4 is 44.7 Å². The number of nitrogens with one attached hydrogen (secondary N) is 1. The molecule has 7 nitrogen and oxygen atoms in total. The van der Waals surface area contributed by atoms with E-state index >= 15 is 0 Å². The molecular formula is C22H19BrN4O3. The van der Waals surface area contributed by atoms with Crippen LogP contribution in [-0.2, 0) is 4.79 Å². The van der Waals surface area contributed by atoms with Crippen LogP contribution in [0.25, 0.3) is 11.0 Å². The van der Waals surface area contributed by atoms with Gasteiger partial charge in [-0.05, 0) is 43.2 Å². The van der Waals surface area contributed by atoms with E-state index in [0.29, 0.717) is 24.2 Å². The predicted molar refractivity (Wildman–Crippen MR) is 114 cm³/mol. The Balaban J connectivity index is 1.23. The van der Waals surface area contributed by atoms with Crippen LogP contribution in [-0.4, -0.2) is 57.1 Å². The third-order valence-corrected chi connectivity index (χ3v) is 6.36. The van der Waals surface area contributed by atoms with Gasteiger partial charge >= 0.3 is 0 Å². The fraction of sp³-hybridized carbons (Fsp3) is 0.273. The molecule has 1 fully saturated rings. The largest absolute Gasteiger partial charge is 0.342 e. The molecule has 1 saturated heterocycles. The van der Waals surface area contributed by atoms with Gasteiger partial charge in [-0.25, -0.2) is 4.98 Å². The normalized spacial score (nSPS) is 17.1. The lowest BCUT2D eigenvalue weighted by molar-refractivity contribution is -0.132. The Labute approximate surface area is 181 Å². The first-order chi connectivity index (χ1) is 14.5. The molecule has 8 heteroatoms. The van der Waals surface area contributed by atoms with Crippen LogP contribution < -0.4 is 0 Å². The molecule has 0 unspecified atom stereocenters. The maximum absolute atomic E-state index is 12.8. The van der Waals surface area contributed by atoms with Gasteiger partial charge in [-0.15, -0.1) is 0 Å². The number of benzene rings is 2. The number of imidazole rings is 1. The van der Waals surface area contributed by atoms with Gasteiger partial charge in [-0.1, -0.05) is 28.1 Å². The van der Waals surface area contributed by atoms with E-state index in [0.717, 1.165) is 39.1 Å². The highest BCUT2D eigenvalue weighted by atomic mass is 79.9. The molecule has 152 valence electrons. The Morgan fingerprint density at radius 2 is 1.80 bits per heavy atom. The lowest BCUT2D eigenvalue weighted by atomic mass is 9.96. The number of H-pyrrole nitrogens is 1. The minimum Gasteiger partial charge on any atom is -0.342 e. The van der Waals surface area contributed by atoms with E-state index in [4.69, 9.17) is 0 Å². The molecule has 0 atom stereocenters. The first-order valence-electron chi connectivity index (χ1n) is 9.89. The number of hydrogen-bond acceptors (Lipinski definition) is 4. The number of likely N-dealkylation sites (tertiary alicyclic amines) is 1. The highest BCUT2D eigenvalue weighted by Gasteiger charge is 2.38. The van der Waals surface area contributed by atoms with E-state index < -0.39 is 11.8 Å². The van der Waals surface area contributed by atoms with Crippen molar-refractivity contribution < 1.29 is 14.4 Å². The summed E-state index contributed by atoms with van der Waals surface area (Å²) in [4.78, 5) is 48.8. The fourth-order valence-electron chi connectivity index (χ4n) is 4.21. The van der Waals surface area contributed by atoms with Gasteiger partial charge in [0.2, 0.25) is 5.91 Å². The zero-order valence-electron chi connectivity index (χ0n) is 16.1. The van der Waals surface area contributed by atoms with Crippen molar-refractivity contribution in [2.75, 3.05) is 19.6 Å². The Kier molecular flexibility index (Phi) is 4.66. The van der Waals surface area contributed by atoms with Crippen molar-refractivity contribution in [2.45, 2.75) is 18.8 Å². The summed E-state index contributed by atoms with van der Waals surface area (Å²) in [5.41, 5.74) is 2.65. The molecule has 0 saturated carbocycles. The first-order valence-corrected chi connectivity index (χ1v) is 10.7. The second kappa shape index (κ2) is 7.36. The maximum Gasteiger partial charge on any atom is 0.262 e. The van der Waals surface area contributed by atoms with Gasteiger partial charge in [0.15, 0.2) is 0 Å². The second-order valence-electron chi connectivity index (χ2n) is 7.68. The minimum atomic E-state index is -0.415. The van der Waals surface area contributed by atoms with Gasteiger partial charge in [0.25, 0.3) is 11.8 Å². The quantitative estimate of drug-likeness (QED) is 0.599. The second-order valence-corrected chi connectivity index (χ2v) is 8.60. The monoisotopic (exact) mass is 466 g/mol. The van der Waals surface area contributed by atoms with Gasteiger partial charge in [-0.3, -0.25) is 19.3 Å². The van der Waals surface area contributed by atoms with Crippen LogP contribution in [0.4, 0.5) is 0 Å². The number of para-hydroxylation sites is 2. The summed E-state index contributed by atoms with van der Waals surface area (Å²) in [5, 5.41) is 0. The summed E-state index contributed by atoms with van der Waals surface area (Å²) in [5.74, 6) is 0.189. The van der Waals surface area contributed by atoms with Crippen LogP contribution in [0.15, 0.2) is 46.9 Å². The first kappa shape index (κ1) is 19.0. The highest BCUT2D eigenvalue weighted by Crippen LogP contribution is 2.29. The zero-order chi connectivity index (χ0) is 20.8. The molecule has 0 radical (unpaired) electrons. The van der Waals surface area contributed by atoms with E-state index in [2.05, 4.69) is 25.9 Å². The minimum absolute atomic E-state index is 0.202. The number of amides is 3. The molecule has 5 rings (SSSR count). The molecule has 1 N–H and O–H groups in total. The SMILES string of the molecule is O=C(CN1C(=O)c2ccc(Br)cc2C1=O)N1CCC(c2nc3ccccc3[nH]2)CC1. The molecule has 0 aliphatic carbocycles. The van der Waals surface area contributed by atoms with E-state index in [1.54, 1.807) is 23.1 Å². The van der Waals surface area contributed by atoms with E-state index in [-0.39, 0.29) is 18.4 Å². The van der Waals surface area contributed by atoms with E-state index in [1.807, 2.05) is 24.3 Å². The molecule has 2 aliphatic heterocycles. The Morgan fingerprint density at radius 3 is 2.57 bits per heavy atom. The number of carbonyl (C=O) groups is 3. The Bertz CT molecular complexity index is 1150. The van der Waals surface area contributed by atoms with Crippen molar-refractivity contribution in [3.05, 3.63) is 63.9 Å². The number of rotatable bonds is 3. The van der Waals surface area contributed by atoms with E-state index in [9.17, 15) is 14.4 Å². The summed E-state index contributed by atoms with van der Waals surface area (Å²) >= 11 is 3.32. The lowest BCUT2D eigenvalue weighted by Gasteiger charge is -2.32. The van der Waals surface area contributed by atoms with Crippen molar-refractivity contribution in [3.63, 3.8) is 0 Å². The number of aromatic nitrogens is 2. The third kappa shape index (κ3) is 3.21. The highest BCUT2D eigenvalue weighted by molar-refractivity contribution is 9.10. The number of carbonyl (C=O) groups excluding carboxylic acids is 3. The maximum atomic E-state index is 12.8. The van der Waals surface area contributed by atoms with Crippen LogP contribution in [0.3, 0.4) is 0 Å². The predicted octanol–water partition coefficient (Wildman–Crippen LogP) is 3.33. The van der Waals surface area contributed by atoms with Crippen LogP contribution in [0, 0.1) is 0 Å². The molecular weight excluding hydrogens is 448 g/mol. The summed E-state index contributed by atoms with van der Waals surface area (Å²) in [6, 6.07) is 12.9. The Morgan fingerprint density at radius 1 is 1.07 bits per heavy atom. The number of nitrogens with zero attached hydrogens (tertiary/aromatic N) is 3. The molecule has 2 aliphatic rings. The number of piperidine rings is 1. The van der Waals surface area contributed by atoms with Crippen molar-refractivity contribution in [1.82, 2.24) is 19.8 Å². The molecule has 3 heterocycles. The van der Waals surface area contributed by atoms with Crippen molar-refractivity contribution in [3.8, 4) is 0 Å². The van der Waals surface area contributed by atoms with Crippen LogP contribution >= 0.6 is 15.9 Å². The average molecular weight is 467 g/mol. The fourth-order valence-corrected chi connectivity index (χ4v) is 4.57. The topological polar surface area (TPSA) is 86.4 Å².